The monoisotopic (exact) mass is 341 g/mol. The van der Waals surface area contributed by atoms with Crippen LogP contribution in [0.3, 0.4) is 0 Å². The van der Waals surface area contributed by atoms with E-state index in [1.165, 1.54) is 12.7 Å². The van der Waals surface area contributed by atoms with E-state index in [2.05, 4.69) is 20.8 Å². The van der Waals surface area contributed by atoms with Gasteiger partial charge in [-0.2, -0.15) is 0 Å². The van der Waals surface area contributed by atoms with Crippen LogP contribution in [0.4, 0.5) is 5.82 Å². The number of ether oxygens (including phenoxy) is 1. The van der Waals surface area contributed by atoms with E-state index < -0.39 is 24.5 Å². The van der Waals surface area contributed by atoms with E-state index in [1.54, 1.807) is 4.57 Å². The first-order valence-electron chi connectivity index (χ1n) is 7.65. The molecule has 3 rings (SSSR count). The lowest BCUT2D eigenvalue weighted by atomic mass is 10.1. The van der Waals surface area contributed by atoms with Gasteiger partial charge in [-0.25, -0.2) is 25.7 Å². The third-order valence-corrected chi connectivity index (χ3v) is 4.22. The normalized spacial score (nSPS) is 28.5. The van der Waals surface area contributed by atoms with E-state index in [4.69, 9.17) is 15.3 Å². The second-order valence-corrected chi connectivity index (χ2v) is 5.95. The topological polar surface area (TPSA) is 161 Å². The molecule has 0 spiro atoms. The van der Waals surface area contributed by atoms with Crippen molar-refractivity contribution in [2.45, 2.75) is 24.5 Å². The summed E-state index contributed by atoms with van der Waals surface area (Å²) in [7, 11) is 1.95. The molecule has 11 heteroatoms. The van der Waals surface area contributed by atoms with Gasteiger partial charge in [-0.3, -0.25) is 4.57 Å². The average Bonchev–Trinajstić information content (AvgIpc) is 3.10. The predicted molar refractivity (Wildman–Crippen MR) is 81.1 cm³/mol. The van der Waals surface area contributed by atoms with E-state index >= 15 is 0 Å². The molecule has 0 aromatic carbocycles. The minimum Gasteiger partial charge on any atom is -0.387 e. The van der Waals surface area contributed by atoms with E-state index in [0.717, 1.165) is 4.90 Å². The molecule has 0 radical (unpaired) electrons. The minimum atomic E-state index is -1.10. The summed E-state index contributed by atoms with van der Waals surface area (Å²) < 4.78 is 7.44. The van der Waals surface area contributed by atoms with Crippen molar-refractivity contribution >= 4 is 17.0 Å². The lowest BCUT2D eigenvalue weighted by Gasteiger charge is -2.19. The van der Waals surface area contributed by atoms with Gasteiger partial charge in [0, 0.05) is 0 Å². The fourth-order valence-electron chi connectivity index (χ4n) is 2.88. The lowest BCUT2D eigenvalue weighted by Crippen LogP contribution is -3.11. The maximum Gasteiger partial charge on any atom is 0.167 e. The second kappa shape index (κ2) is 6.93. The molecule has 0 aliphatic carbocycles. The van der Waals surface area contributed by atoms with Gasteiger partial charge < -0.3 is 25.6 Å². The highest BCUT2D eigenvalue weighted by Gasteiger charge is 2.45. The number of rotatable bonds is 6. The lowest BCUT2D eigenvalue weighted by molar-refractivity contribution is -0.889. The SMILES string of the molecule is C[NH+](CCO[NH3+])C[C@H]1O[C@@H](n2cnc3c(N)ncnc32)[C@H](O)[C@@H]1O. The molecule has 2 aromatic heterocycles. The number of aliphatic hydroxyl groups excluding tert-OH is 2. The zero-order chi connectivity index (χ0) is 17.3. The Labute approximate surface area is 137 Å². The van der Waals surface area contributed by atoms with Gasteiger partial charge in [-0.05, 0) is 0 Å². The summed E-state index contributed by atoms with van der Waals surface area (Å²) in [5.74, 6) is 3.58. The van der Waals surface area contributed by atoms with Gasteiger partial charge in [0.05, 0.1) is 13.4 Å². The van der Waals surface area contributed by atoms with Crippen molar-refractivity contribution in [3.63, 3.8) is 0 Å². The quantitative estimate of drug-likeness (QED) is 0.330. The Morgan fingerprint density at radius 3 is 2.92 bits per heavy atom. The van der Waals surface area contributed by atoms with Crippen LogP contribution in [0.25, 0.3) is 11.2 Å². The first-order valence-corrected chi connectivity index (χ1v) is 7.65. The van der Waals surface area contributed by atoms with Crippen molar-refractivity contribution in [1.82, 2.24) is 19.5 Å². The van der Waals surface area contributed by atoms with Gasteiger partial charge in [-0.15, -0.1) is 0 Å². The average molecular weight is 341 g/mol. The highest BCUT2D eigenvalue weighted by Crippen LogP contribution is 2.31. The fourth-order valence-corrected chi connectivity index (χ4v) is 2.88. The number of nitrogens with two attached hydrogens (primary N) is 1. The second-order valence-electron chi connectivity index (χ2n) is 5.95. The van der Waals surface area contributed by atoms with Crippen LogP contribution in [-0.4, -0.2) is 74.8 Å². The van der Waals surface area contributed by atoms with Crippen LogP contribution >= 0.6 is 0 Å². The van der Waals surface area contributed by atoms with Crippen LogP contribution in [0.15, 0.2) is 12.7 Å². The van der Waals surface area contributed by atoms with Crippen molar-refractivity contribution in [3.05, 3.63) is 12.7 Å². The summed E-state index contributed by atoms with van der Waals surface area (Å²) >= 11 is 0. The molecular weight excluding hydrogens is 318 g/mol. The van der Waals surface area contributed by atoms with Crippen LogP contribution in [-0.2, 0) is 9.57 Å². The molecule has 0 amide bonds. The van der Waals surface area contributed by atoms with E-state index in [9.17, 15) is 10.2 Å². The number of aromatic nitrogens is 4. The standard InChI is InChI=1S/C13H22N7O4/c1-19(2-3-23-15)4-7-9(21)10(22)13(24-7)20-6-18-8-11(14)16-5-17-12(8)20/h5-7,9-10,13,21-22H,2-4H2,1,15H3,(H2,14,16,17)/q+1/p+1/t7-,9-,10-,13-/m1/s1. The third kappa shape index (κ3) is 3.05. The van der Waals surface area contributed by atoms with E-state index in [1.807, 2.05) is 7.05 Å². The number of likely N-dealkylation sites (N-methyl/N-ethyl adjacent to an activating group) is 1. The van der Waals surface area contributed by atoms with Gasteiger partial charge in [0.1, 0.15) is 43.2 Å². The molecule has 3 heterocycles. The van der Waals surface area contributed by atoms with Crippen LogP contribution < -0.4 is 16.5 Å². The van der Waals surface area contributed by atoms with Gasteiger partial charge in [0.2, 0.25) is 0 Å². The number of aliphatic hydroxyl groups is 2. The molecule has 1 aliphatic heterocycles. The van der Waals surface area contributed by atoms with Crippen molar-refractivity contribution in [3.8, 4) is 0 Å². The summed E-state index contributed by atoms with van der Waals surface area (Å²) in [6, 6.07) is 0. The zero-order valence-electron chi connectivity index (χ0n) is 13.4. The van der Waals surface area contributed by atoms with Gasteiger partial charge in [-0.1, -0.05) is 0 Å². The number of anilines is 1. The van der Waals surface area contributed by atoms with Gasteiger partial charge >= 0.3 is 0 Å². The summed E-state index contributed by atoms with van der Waals surface area (Å²) in [5, 5.41) is 20.7. The number of nitrogens with one attached hydrogen (secondary N) is 1. The van der Waals surface area contributed by atoms with Crippen molar-refractivity contribution < 1.29 is 30.6 Å². The van der Waals surface area contributed by atoms with Gasteiger partial charge in [0.15, 0.2) is 24.3 Å². The summed E-state index contributed by atoms with van der Waals surface area (Å²) in [4.78, 5) is 18.1. The number of hydrogen-bond donors (Lipinski definition) is 5. The first-order chi connectivity index (χ1) is 11.5. The number of nitrogen functional groups attached to an aromatic ring is 1. The van der Waals surface area contributed by atoms with Crippen LogP contribution in [0.2, 0.25) is 0 Å². The molecule has 2 aromatic rings. The Kier molecular flexibility index (Phi) is 4.89. The molecule has 1 fully saturated rings. The molecule has 1 unspecified atom stereocenters. The summed E-state index contributed by atoms with van der Waals surface area (Å²) in [6.45, 7) is 1.74. The molecule has 11 nitrogen and oxygen atoms in total. The molecule has 24 heavy (non-hydrogen) atoms. The number of nitrogens with zero attached hydrogens (tertiary/aromatic N) is 4. The molecule has 1 aliphatic rings. The van der Waals surface area contributed by atoms with Crippen molar-refractivity contribution in [2.24, 2.45) is 0 Å². The van der Waals surface area contributed by atoms with E-state index in [0.29, 0.717) is 30.9 Å². The van der Waals surface area contributed by atoms with E-state index in [-0.39, 0.29) is 5.82 Å². The Morgan fingerprint density at radius 2 is 2.17 bits per heavy atom. The number of quaternary nitrogens is 2. The van der Waals surface area contributed by atoms with Gasteiger partial charge in [0.25, 0.3) is 0 Å². The van der Waals surface area contributed by atoms with Crippen molar-refractivity contribution in [1.29, 1.82) is 0 Å². The van der Waals surface area contributed by atoms with Crippen molar-refractivity contribution in [2.75, 3.05) is 32.5 Å². The van der Waals surface area contributed by atoms with Crippen LogP contribution in [0.1, 0.15) is 6.23 Å². The first kappa shape index (κ1) is 17.0. The summed E-state index contributed by atoms with van der Waals surface area (Å²) in [5.41, 5.74) is 6.65. The maximum atomic E-state index is 10.4. The number of hydrogen-bond acceptors (Lipinski definition) is 8. The smallest absolute Gasteiger partial charge is 0.167 e. The molecule has 132 valence electrons. The van der Waals surface area contributed by atoms with Crippen LogP contribution in [0.5, 0.6) is 0 Å². The zero-order valence-corrected chi connectivity index (χ0v) is 13.4. The number of fused-ring (bicyclic) bond motifs is 1. The summed E-state index contributed by atoms with van der Waals surface area (Å²) in [6.07, 6.45) is -0.622. The molecule has 5 atom stereocenters. The Bertz CT molecular complexity index is 696. The van der Waals surface area contributed by atoms with Crippen LogP contribution in [0, 0.1) is 0 Å². The maximum absolute atomic E-state index is 10.4. The molecule has 8 N–H and O–H groups in total. The molecule has 0 bridgehead atoms. The molecular formula is C13H23N7O4+2. The fraction of sp³-hybridized carbons (Fsp3) is 0.615. The highest BCUT2D eigenvalue weighted by molar-refractivity contribution is 5.81. The Hall–Kier alpha value is -1.89. The molecule has 0 saturated carbocycles. The Morgan fingerprint density at radius 1 is 1.38 bits per heavy atom. The largest absolute Gasteiger partial charge is 0.387 e. The molecule has 1 saturated heterocycles. The minimum absolute atomic E-state index is 0.251. The number of imidazole rings is 1. The Balaban J connectivity index is 1.78. The predicted octanol–water partition coefficient (Wildman–Crippen LogP) is -4.28. The highest BCUT2D eigenvalue weighted by atomic mass is 16.6. The third-order valence-electron chi connectivity index (χ3n) is 4.22.